The number of aromatic nitrogens is 2. The Morgan fingerprint density at radius 2 is 2.00 bits per heavy atom. The zero-order valence-electron chi connectivity index (χ0n) is 14.6. The minimum Gasteiger partial charge on any atom is -0.394 e. The number of anilines is 1. The van der Waals surface area contributed by atoms with E-state index < -0.39 is 29.3 Å². The third-order valence-electron chi connectivity index (χ3n) is 4.50. The summed E-state index contributed by atoms with van der Waals surface area (Å²) in [6.45, 7) is 0.192. The van der Waals surface area contributed by atoms with Gasteiger partial charge in [0.1, 0.15) is 0 Å². The molecule has 1 aromatic carbocycles. The first-order chi connectivity index (χ1) is 13.3. The normalized spacial score (nSPS) is 17.3. The number of alkyl halides is 3. The zero-order valence-corrected chi connectivity index (χ0v) is 14.6. The Morgan fingerprint density at radius 1 is 1.29 bits per heavy atom. The van der Waals surface area contributed by atoms with Gasteiger partial charge in [-0.3, -0.25) is 4.79 Å². The second-order valence-electron chi connectivity index (χ2n) is 6.19. The molecule has 1 aliphatic rings. The van der Waals surface area contributed by atoms with E-state index in [0.717, 1.165) is 12.1 Å². The minimum atomic E-state index is -4.67. The molecule has 0 saturated carbocycles. The molecule has 0 bridgehead atoms. The lowest BCUT2D eigenvalue weighted by Gasteiger charge is -2.42. The number of amides is 1. The van der Waals surface area contributed by atoms with Gasteiger partial charge < -0.3 is 14.9 Å². The lowest BCUT2D eigenvalue weighted by Crippen LogP contribution is -2.56. The molecule has 1 aliphatic heterocycles. The summed E-state index contributed by atoms with van der Waals surface area (Å²) >= 11 is 0. The molecule has 1 saturated heterocycles. The highest BCUT2D eigenvalue weighted by molar-refractivity contribution is 5.90. The number of nitrogens with zero attached hydrogens (tertiary/aromatic N) is 5. The number of halogens is 3. The average Bonchev–Trinajstić information content (AvgIpc) is 2.72. The summed E-state index contributed by atoms with van der Waals surface area (Å²) in [6.07, 6.45) is -1.79. The Kier molecular flexibility index (Phi) is 5.46. The molecule has 10 heteroatoms. The summed E-state index contributed by atoms with van der Waals surface area (Å²) in [4.78, 5) is 23.4. The van der Waals surface area contributed by atoms with Crippen molar-refractivity contribution in [1.29, 1.82) is 5.26 Å². The second kappa shape index (κ2) is 7.82. The third-order valence-corrected chi connectivity index (χ3v) is 4.50. The van der Waals surface area contributed by atoms with E-state index in [1.165, 1.54) is 23.4 Å². The summed E-state index contributed by atoms with van der Waals surface area (Å²) in [7, 11) is 0. The van der Waals surface area contributed by atoms with Gasteiger partial charge in [0.25, 0.3) is 5.91 Å². The first-order valence-electron chi connectivity index (χ1n) is 8.40. The van der Waals surface area contributed by atoms with Crippen LogP contribution in [-0.4, -0.2) is 58.2 Å². The summed E-state index contributed by atoms with van der Waals surface area (Å²) in [5, 5.41) is 18.7. The lowest BCUT2D eigenvalue weighted by molar-refractivity contribution is -0.137. The maximum atomic E-state index is 13.2. The van der Waals surface area contributed by atoms with Gasteiger partial charge in [0.2, 0.25) is 5.82 Å². The van der Waals surface area contributed by atoms with Crippen LogP contribution < -0.4 is 4.90 Å². The summed E-state index contributed by atoms with van der Waals surface area (Å²) < 4.78 is 39.7. The summed E-state index contributed by atoms with van der Waals surface area (Å²) in [5.41, 5.74) is -1.26. The Bertz CT molecular complexity index is 898. The van der Waals surface area contributed by atoms with Crippen LogP contribution in [0.1, 0.15) is 21.7 Å². The smallest absolute Gasteiger partial charge is 0.394 e. The number of carbonyl (C=O) groups is 1. The van der Waals surface area contributed by atoms with Gasteiger partial charge in [-0.2, -0.15) is 18.4 Å². The molecular weight excluding hydrogens is 375 g/mol. The molecule has 1 unspecified atom stereocenters. The molecule has 3 rings (SSSR count). The van der Waals surface area contributed by atoms with Crippen molar-refractivity contribution < 1.29 is 23.1 Å². The van der Waals surface area contributed by atoms with E-state index >= 15 is 0 Å². The van der Waals surface area contributed by atoms with Crippen LogP contribution in [0.4, 0.5) is 18.9 Å². The van der Waals surface area contributed by atoms with Crippen LogP contribution in [-0.2, 0) is 6.18 Å². The van der Waals surface area contributed by atoms with Gasteiger partial charge in [-0.15, -0.1) is 0 Å². The van der Waals surface area contributed by atoms with Crippen molar-refractivity contribution in [3.05, 3.63) is 53.6 Å². The molecule has 1 amide bonds. The van der Waals surface area contributed by atoms with Crippen LogP contribution in [0.2, 0.25) is 0 Å². The standard InChI is InChI=1S/C18H16F3N5O2/c19-18(20,21)15-8-13(3-2-12(15)9-22)26-7-6-25(10-14(26)11-27)17(28)16-23-4-1-5-24-16/h1-5,8,14,27H,6-7,10-11H2. The highest BCUT2D eigenvalue weighted by Crippen LogP contribution is 2.35. The molecule has 2 aromatic rings. The first-order valence-corrected chi connectivity index (χ1v) is 8.40. The van der Waals surface area contributed by atoms with Crippen LogP contribution in [0.15, 0.2) is 36.7 Å². The molecular formula is C18H16F3N5O2. The molecule has 28 heavy (non-hydrogen) atoms. The van der Waals surface area contributed by atoms with Gasteiger partial charge in [0.05, 0.1) is 29.8 Å². The SMILES string of the molecule is N#Cc1ccc(N2CCN(C(=O)c3ncccn3)CC2CO)cc1C(F)(F)F. The average molecular weight is 391 g/mol. The molecule has 1 aromatic heterocycles. The van der Waals surface area contributed by atoms with Gasteiger partial charge in [0, 0.05) is 37.7 Å². The number of hydrogen-bond acceptors (Lipinski definition) is 6. The van der Waals surface area contributed by atoms with Crippen molar-refractivity contribution >= 4 is 11.6 Å². The van der Waals surface area contributed by atoms with Crippen LogP contribution in [0.3, 0.4) is 0 Å². The number of benzene rings is 1. The molecule has 146 valence electrons. The van der Waals surface area contributed by atoms with Crippen molar-refractivity contribution in [3.8, 4) is 6.07 Å². The van der Waals surface area contributed by atoms with Crippen LogP contribution in [0.25, 0.3) is 0 Å². The van der Waals surface area contributed by atoms with Crippen molar-refractivity contribution in [3.63, 3.8) is 0 Å². The van der Waals surface area contributed by atoms with Crippen LogP contribution in [0, 0.1) is 11.3 Å². The summed E-state index contributed by atoms with van der Waals surface area (Å²) in [5.74, 6) is -0.389. The van der Waals surface area contributed by atoms with Crippen LogP contribution in [0.5, 0.6) is 0 Å². The Hall–Kier alpha value is -3.19. The number of rotatable bonds is 3. The van der Waals surface area contributed by atoms with E-state index in [0.29, 0.717) is 0 Å². The molecule has 1 atom stereocenters. The molecule has 1 N–H and O–H groups in total. The Labute approximate surface area is 158 Å². The molecule has 0 aliphatic carbocycles. The van der Waals surface area contributed by atoms with E-state index in [1.54, 1.807) is 17.0 Å². The molecule has 0 radical (unpaired) electrons. The maximum absolute atomic E-state index is 13.2. The van der Waals surface area contributed by atoms with E-state index in [9.17, 15) is 23.1 Å². The molecule has 1 fully saturated rings. The topological polar surface area (TPSA) is 93.4 Å². The molecule has 0 spiro atoms. The summed E-state index contributed by atoms with van der Waals surface area (Å²) in [6, 6.07) is 5.95. The monoisotopic (exact) mass is 391 g/mol. The number of nitriles is 1. The quantitative estimate of drug-likeness (QED) is 0.856. The fourth-order valence-corrected chi connectivity index (χ4v) is 3.13. The Balaban J connectivity index is 1.84. The zero-order chi connectivity index (χ0) is 20.3. The number of piperazine rings is 1. The highest BCUT2D eigenvalue weighted by atomic mass is 19.4. The minimum absolute atomic E-state index is 0.0189. The highest BCUT2D eigenvalue weighted by Gasteiger charge is 2.36. The lowest BCUT2D eigenvalue weighted by atomic mass is 10.0. The Morgan fingerprint density at radius 3 is 2.61 bits per heavy atom. The molecule has 7 nitrogen and oxygen atoms in total. The number of aliphatic hydroxyl groups excluding tert-OH is 1. The van der Waals surface area contributed by atoms with Gasteiger partial charge in [-0.05, 0) is 24.3 Å². The number of aliphatic hydroxyl groups is 1. The predicted octanol–water partition coefficient (Wildman–Crippen LogP) is 1.69. The van der Waals surface area contributed by atoms with Gasteiger partial charge in [-0.1, -0.05) is 0 Å². The predicted molar refractivity (Wildman–Crippen MR) is 92.3 cm³/mol. The van der Waals surface area contributed by atoms with E-state index in [4.69, 9.17) is 5.26 Å². The van der Waals surface area contributed by atoms with Gasteiger partial charge in [-0.25, -0.2) is 9.97 Å². The van der Waals surface area contributed by atoms with Crippen molar-refractivity contribution in [1.82, 2.24) is 14.9 Å². The maximum Gasteiger partial charge on any atom is 0.417 e. The van der Waals surface area contributed by atoms with E-state index in [-0.39, 0.29) is 37.8 Å². The molecule has 2 heterocycles. The third kappa shape index (κ3) is 3.89. The number of carbonyl (C=O) groups excluding carboxylic acids is 1. The second-order valence-corrected chi connectivity index (χ2v) is 6.19. The van der Waals surface area contributed by atoms with Gasteiger partial charge >= 0.3 is 6.18 Å². The largest absolute Gasteiger partial charge is 0.417 e. The van der Waals surface area contributed by atoms with Crippen LogP contribution >= 0.6 is 0 Å². The number of hydrogen-bond donors (Lipinski definition) is 1. The van der Waals surface area contributed by atoms with Crippen molar-refractivity contribution in [2.45, 2.75) is 12.2 Å². The first kappa shape index (κ1) is 19.6. The van der Waals surface area contributed by atoms with Gasteiger partial charge in [0.15, 0.2) is 0 Å². The van der Waals surface area contributed by atoms with Crippen molar-refractivity contribution in [2.24, 2.45) is 0 Å². The van der Waals surface area contributed by atoms with E-state index in [2.05, 4.69) is 9.97 Å². The fraction of sp³-hybridized carbons (Fsp3) is 0.333. The fourth-order valence-electron chi connectivity index (χ4n) is 3.13. The van der Waals surface area contributed by atoms with Crippen molar-refractivity contribution in [2.75, 3.05) is 31.1 Å². The van der Waals surface area contributed by atoms with E-state index in [1.807, 2.05) is 0 Å².